The molecule has 0 bridgehead atoms. The largest absolute Gasteiger partial charge is 0.573 e. The van der Waals surface area contributed by atoms with E-state index in [1.54, 1.807) is 6.92 Å². The Labute approximate surface area is 150 Å². The van der Waals surface area contributed by atoms with Gasteiger partial charge in [-0.15, -0.1) is 13.2 Å². The Morgan fingerprint density at radius 2 is 1.81 bits per heavy atom. The molecule has 1 aromatic carbocycles. The van der Waals surface area contributed by atoms with Crippen LogP contribution in [-0.4, -0.2) is 49.9 Å². The Balaban J connectivity index is 1.81. The second-order valence-corrected chi connectivity index (χ2v) is 8.27. The Morgan fingerprint density at radius 1 is 1.23 bits per heavy atom. The quantitative estimate of drug-likeness (QED) is 0.801. The van der Waals surface area contributed by atoms with E-state index in [0.29, 0.717) is 31.5 Å². The number of sulfonamides is 1. The second kappa shape index (κ2) is 8.26. The van der Waals surface area contributed by atoms with E-state index >= 15 is 0 Å². The first-order valence-electron chi connectivity index (χ1n) is 8.21. The minimum absolute atomic E-state index is 0.0276. The molecule has 2 rings (SSSR count). The molecule has 10 heteroatoms. The van der Waals surface area contributed by atoms with E-state index < -0.39 is 16.4 Å². The number of rotatable bonds is 6. The first-order chi connectivity index (χ1) is 12.1. The van der Waals surface area contributed by atoms with Gasteiger partial charge in [0, 0.05) is 19.1 Å². The smallest absolute Gasteiger partial charge is 0.406 e. The molecular weight excluding hydrogens is 373 g/mol. The van der Waals surface area contributed by atoms with E-state index in [1.807, 2.05) is 0 Å². The number of hydrogen-bond donors (Lipinski definition) is 1. The molecule has 0 atom stereocenters. The number of hydrogen-bond acceptors (Lipinski definition) is 4. The Kier molecular flexibility index (Phi) is 6.51. The lowest BCUT2D eigenvalue weighted by Crippen LogP contribution is -2.47. The highest BCUT2D eigenvalue weighted by molar-refractivity contribution is 7.89. The molecule has 1 aromatic rings. The highest BCUT2D eigenvalue weighted by Gasteiger charge is 2.31. The third kappa shape index (κ3) is 6.17. The molecule has 0 saturated carbocycles. The third-order valence-corrected chi connectivity index (χ3v) is 5.98. The molecule has 146 valence electrons. The zero-order valence-corrected chi connectivity index (χ0v) is 15.1. The van der Waals surface area contributed by atoms with E-state index in [4.69, 9.17) is 0 Å². The zero-order valence-electron chi connectivity index (χ0n) is 14.3. The molecule has 26 heavy (non-hydrogen) atoms. The van der Waals surface area contributed by atoms with Gasteiger partial charge in [-0.2, -0.15) is 0 Å². The SMILES string of the molecule is CCS(=O)(=O)N1CCC(NC(=O)Cc2ccc(OC(F)(F)F)cc2)CC1. The maximum atomic E-state index is 12.1. The van der Waals surface area contributed by atoms with Crippen molar-refractivity contribution in [3.63, 3.8) is 0 Å². The Hall–Kier alpha value is -1.81. The summed E-state index contributed by atoms with van der Waals surface area (Å²) in [7, 11) is -3.21. The topological polar surface area (TPSA) is 75.7 Å². The van der Waals surface area contributed by atoms with Gasteiger partial charge in [0.1, 0.15) is 5.75 Å². The van der Waals surface area contributed by atoms with Crippen molar-refractivity contribution in [2.75, 3.05) is 18.8 Å². The summed E-state index contributed by atoms with van der Waals surface area (Å²) in [5.41, 5.74) is 0.558. The van der Waals surface area contributed by atoms with Crippen molar-refractivity contribution in [3.05, 3.63) is 29.8 Å². The number of ether oxygens (including phenoxy) is 1. The van der Waals surface area contributed by atoms with Gasteiger partial charge in [0.15, 0.2) is 0 Å². The number of carbonyl (C=O) groups is 1. The number of halogens is 3. The molecular formula is C16H21F3N2O4S. The molecule has 1 heterocycles. The lowest BCUT2D eigenvalue weighted by Gasteiger charge is -2.31. The van der Waals surface area contributed by atoms with Crippen molar-refractivity contribution in [1.29, 1.82) is 0 Å². The van der Waals surface area contributed by atoms with Crippen LogP contribution in [0.5, 0.6) is 5.75 Å². The first-order valence-corrected chi connectivity index (χ1v) is 9.82. The predicted octanol–water partition coefficient (Wildman–Crippen LogP) is 2.06. The molecule has 0 spiro atoms. The molecule has 0 aromatic heterocycles. The fourth-order valence-corrected chi connectivity index (χ4v) is 3.87. The zero-order chi connectivity index (χ0) is 19.4. The van der Waals surface area contributed by atoms with Crippen molar-refractivity contribution in [1.82, 2.24) is 9.62 Å². The molecule has 1 N–H and O–H groups in total. The average molecular weight is 394 g/mol. The lowest BCUT2D eigenvalue weighted by atomic mass is 10.1. The van der Waals surface area contributed by atoms with E-state index in [9.17, 15) is 26.4 Å². The van der Waals surface area contributed by atoms with Crippen LogP contribution in [0.15, 0.2) is 24.3 Å². The summed E-state index contributed by atoms with van der Waals surface area (Å²) in [5, 5.41) is 2.84. The van der Waals surface area contributed by atoms with Crippen LogP contribution in [0.1, 0.15) is 25.3 Å². The summed E-state index contributed by atoms with van der Waals surface area (Å²) in [5.74, 6) is -0.546. The van der Waals surface area contributed by atoms with Gasteiger partial charge >= 0.3 is 6.36 Å². The van der Waals surface area contributed by atoms with E-state index in [0.717, 1.165) is 12.1 Å². The van der Waals surface area contributed by atoms with Gasteiger partial charge in [-0.25, -0.2) is 12.7 Å². The summed E-state index contributed by atoms with van der Waals surface area (Å²) in [4.78, 5) is 12.1. The van der Waals surface area contributed by atoms with E-state index in [-0.39, 0.29) is 29.9 Å². The van der Waals surface area contributed by atoms with E-state index in [2.05, 4.69) is 10.1 Å². The summed E-state index contributed by atoms with van der Waals surface area (Å²) >= 11 is 0. The van der Waals surface area contributed by atoms with Gasteiger partial charge < -0.3 is 10.1 Å². The van der Waals surface area contributed by atoms with Crippen LogP contribution in [-0.2, 0) is 21.2 Å². The molecule has 1 aliphatic rings. The molecule has 0 unspecified atom stereocenters. The van der Waals surface area contributed by atoms with Gasteiger partial charge in [-0.1, -0.05) is 12.1 Å². The minimum Gasteiger partial charge on any atom is -0.406 e. The van der Waals surface area contributed by atoms with Crippen LogP contribution < -0.4 is 10.1 Å². The van der Waals surface area contributed by atoms with Crippen molar-refractivity contribution in [2.45, 2.75) is 38.6 Å². The van der Waals surface area contributed by atoms with Gasteiger partial charge in [0.05, 0.1) is 12.2 Å². The number of nitrogens with zero attached hydrogens (tertiary/aromatic N) is 1. The maximum Gasteiger partial charge on any atom is 0.573 e. The van der Waals surface area contributed by atoms with E-state index in [1.165, 1.54) is 16.4 Å². The van der Waals surface area contributed by atoms with Crippen LogP contribution >= 0.6 is 0 Å². The minimum atomic E-state index is -4.75. The Bertz CT molecular complexity index is 712. The summed E-state index contributed by atoms with van der Waals surface area (Å²) in [6, 6.07) is 5.00. The fraction of sp³-hybridized carbons (Fsp3) is 0.562. The van der Waals surface area contributed by atoms with Gasteiger partial charge in [-0.05, 0) is 37.5 Å². The van der Waals surface area contributed by atoms with Gasteiger partial charge in [0.2, 0.25) is 15.9 Å². The highest BCUT2D eigenvalue weighted by Crippen LogP contribution is 2.23. The van der Waals surface area contributed by atoms with Crippen molar-refractivity contribution in [2.24, 2.45) is 0 Å². The molecule has 1 saturated heterocycles. The van der Waals surface area contributed by atoms with Crippen LogP contribution in [0.25, 0.3) is 0 Å². The molecule has 1 aliphatic heterocycles. The monoisotopic (exact) mass is 394 g/mol. The molecule has 0 aliphatic carbocycles. The summed E-state index contributed by atoms with van der Waals surface area (Å²) in [6.45, 7) is 2.32. The van der Waals surface area contributed by atoms with Crippen LogP contribution in [0.2, 0.25) is 0 Å². The highest BCUT2D eigenvalue weighted by atomic mass is 32.2. The first kappa shape index (κ1) is 20.5. The summed E-state index contributed by atoms with van der Waals surface area (Å²) in [6.07, 6.45) is -3.66. The standard InChI is InChI=1S/C16H21F3N2O4S/c1-2-26(23,24)21-9-7-13(8-10-21)20-15(22)11-12-3-5-14(6-4-12)25-16(17,18)19/h3-6,13H,2,7-11H2,1H3,(H,20,22). The van der Waals surface area contributed by atoms with Gasteiger partial charge in [-0.3, -0.25) is 4.79 Å². The second-order valence-electron chi connectivity index (χ2n) is 6.01. The number of amides is 1. The third-order valence-electron chi connectivity index (χ3n) is 4.10. The number of benzene rings is 1. The maximum absolute atomic E-state index is 12.1. The average Bonchev–Trinajstić information content (AvgIpc) is 2.56. The van der Waals surface area contributed by atoms with Crippen molar-refractivity contribution in [3.8, 4) is 5.75 Å². The number of nitrogens with one attached hydrogen (secondary N) is 1. The molecule has 1 fully saturated rings. The number of alkyl halides is 3. The molecule has 0 radical (unpaired) electrons. The molecule has 1 amide bonds. The van der Waals surface area contributed by atoms with Crippen molar-refractivity contribution < 1.29 is 31.1 Å². The van der Waals surface area contributed by atoms with Crippen LogP contribution in [0.4, 0.5) is 13.2 Å². The van der Waals surface area contributed by atoms with Gasteiger partial charge in [0.25, 0.3) is 0 Å². The van der Waals surface area contributed by atoms with Crippen molar-refractivity contribution >= 4 is 15.9 Å². The lowest BCUT2D eigenvalue weighted by molar-refractivity contribution is -0.274. The van der Waals surface area contributed by atoms with Crippen LogP contribution in [0, 0.1) is 0 Å². The normalized spacial score (nSPS) is 17.1. The number of piperidine rings is 1. The fourth-order valence-electron chi connectivity index (χ4n) is 2.73. The summed E-state index contributed by atoms with van der Waals surface area (Å²) < 4.78 is 65.1. The number of carbonyl (C=O) groups excluding carboxylic acids is 1. The van der Waals surface area contributed by atoms with Crippen LogP contribution in [0.3, 0.4) is 0 Å². The Morgan fingerprint density at radius 3 is 2.31 bits per heavy atom. The molecule has 6 nitrogen and oxygen atoms in total. The predicted molar refractivity (Wildman–Crippen MR) is 89.0 cm³/mol.